The number of nitrogens with zero attached hydrogens (tertiary/aromatic N) is 3. The van der Waals surface area contributed by atoms with Gasteiger partial charge in [0, 0.05) is 17.4 Å². The zero-order valence-electron chi connectivity index (χ0n) is 16.1. The maximum Gasteiger partial charge on any atom is 0.355 e. The number of carbonyl (C=O) groups excluding carboxylic acids is 1. The van der Waals surface area contributed by atoms with Gasteiger partial charge >= 0.3 is 5.97 Å². The van der Waals surface area contributed by atoms with Crippen LogP contribution in [0.5, 0.6) is 0 Å². The van der Waals surface area contributed by atoms with E-state index in [0.717, 1.165) is 22.0 Å². The van der Waals surface area contributed by atoms with Crippen molar-refractivity contribution >= 4 is 16.9 Å². The van der Waals surface area contributed by atoms with E-state index in [2.05, 4.69) is 12.1 Å². The second-order valence-electron chi connectivity index (χ2n) is 6.88. The molecular formula is C25H17N3O2. The number of hydrogen-bond donors (Lipinski definition) is 0. The molecule has 1 aromatic heterocycles. The summed E-state index contributed by atoms with van der Waals surface area (Å²) in [7, 11) is 0. The number of aromatic nitrogens is 1. The van der Waals surface area contributed by atoms with Gasteiger partial charge in [0.2, 0.25) is 0 Å². The first-order valence-corrected chi connectivity index (χ1v) is 9.41. The maximum absolute atomic E-state index is 12.9. The van der Waals surface area contributed by atoms with Crippen LogP contribution in [0.25, 0.3) is 10.9 Å². The quantitative estimate of drug-likeness (QED) is 0.458. The SMILES string of the molecule is N#Cc1cccc(COC(=O)c2cc3ccccc3n2Cc2cccc(C#N)c2)c1. The van der Waals surface area contributed by atoms with E-state index in [0.29, 0.717) is 23.4 Å². The smallest absolute Gasteiger partial charge is 0.355 e. The third-order valence-electron chi connectivity index (χ3n) is 4.84. The molecule has 4 aromatic rings. The van der Waals surface area contributed by atoms with Crippen molar-refractivity contribution in [1.29, 1.82) is 10.5 Å². The zero-order chi connectivity index (χ0) is 20.9. The minimum atomic E-state index is -0.440. The second-order valence-corrected chi connectivity index (χ2v) is 6.88. The molecule has 30 heavy (non-hydrogen) atoms. The van der Waals surface area contributed by atoms with Crippen molar-refractivity contribution in [2.45, 2.75) is 13.2 Å². The molecule has 5 heteroatoms. The van der Waals surface area contributed by atoms with Crippen LogP contribution in [0.2, 0.25) is 0 Å². The Labute approximate surface area is 174 Å². The number of rotatable bonds is 5. The average Bonchev–Trinajstić information content (AvgIpc) is 3.16. The van der Waals surface area contributed by atoms with Crippen LogP contribution in [0.3, 0.4) is 0 Å². The van der Waals surface area contributed by atoms with Crippen LogP contribution in [0.1, 0.15) is 32.7 Å². The Balaban J connectivity index is 1.64. The molecule has 0 atom stereocenters. The van der Waals surface area contributed by atoms with Crippen molar-refractivity contribution in [2.24, 2.45) is 0 Å². The van der Waals surface area contributed by atoms with Gasteiger partial charge < -0.3 is 9.30 Å². The molecule has 4 rings (SSSR count). The van der Waals surface area contributed by atoms with Gasteiger partial charge in [0.15, 0.2) is 0 Å². The lowest BCUT2D eigenvalue weighted by atomic mass is 10.1. The normalized spacial score (nSPS) is 10.3. The molecule has 0 aliphatic carbocycles. The Morgan fingerprint density at radius 3 is 2.23 bits per heavy atom. The molecule has 0 radical (unpaired) electrons. The van der Waals surface area contributed by atoms with Gasteiger partial charge in [-0.05, 0) is 47.5 Å². The molecule has 3 aromatic carbocycles. The highest BCUT2D eigenvalue weighted by molar-refractivity contribution is 5.95. The number of fused-ring (bicyclic) bond motifs is 1. The number of carbonyl (C=O) groups is 1. The summed E-state index contributed by atoms with van der Waals surface area (Å²) >= 11 is 0. The van der Waals surface area contributed by atoms with E-state index in [4.69, 9.17) is 15.3 Å². The van der Waals surface area contributed by atoms with Gasteiger partial charge in [0.05, 0.1) is 23.3 Å². The molecule has 0 spiro atoms. The first-order valence-electron chi connectivity index (χ1n) is 9.41. The summed E-state index contributed by atoms with van der Waals surface area (Å²) in [5, 5.41) is 19.1. The topological polar surface area (TPSA) is 78.8 Å². The maximum atomic E-state index is 12.9. The first kappa shape index (κ1) is 19.0. The molecule has 0 unspecified atom stereocenters. The number of nitriles is 2. The number of ether oxygens (including phenoxy) is 1. The highest BCUT2D eigenvalue weighted by Gasteiger charge is 2.17. The van der Waals surface area contributed by atoms with Gasteiger partial charge in [-0.3, -0.25) is 0 Å². The van der Waals surface area contributed by atoms with Crippen molar-refractivity contribution in [3.63, 3.8) is 0 Å². The fourth-order valence-corrected chi connectivity index (χ4v) is 3.43. The largest absolute Gasteiger partial charge is 0.456 e. The molecule has 5 nitrogen and oxygen atoms in total. The van der Waals surface area contributed by atoms with E-state index >= 15 is 0 Å². The monoisotopic (exact) mass is 391 g/mol. The Morgan fingerprint density at radius 1 is 0.833 bits per heavy atom. The fraction of sp³-hybridized carbons (Fsp3) is 0.0800. The summed E-state index contributed by atoms with van der Waals surface area (Å²) < 4.78 is 7.45. The van der Waals surface area contributed by atoms with Crippen LogP contribution in [0.15, 0.2) is 78.9 Å². The molecule has 0 aliphatic rings. The van der Waals surface area contributed by atoms with Crippen molar-refractivity contribution in [3.8, 4) is 12.1 Å². The van der Waals surface area contributed by atoms with Gasteiger partial charge in [-0.25, -0.2) is 4.79 Å². The van der Waals surface area contributed by atoms with Crippen LogP contribution in [0.4, 0.5) is 0 Å². The standard InChI is InChI=1S/C25H17N3O2/c26-14-18-5-3-7-20(11-18)16-28-23-10-2-1-9-22(23)13-24(28)25(29)30-17-21-8-4-6-19(12-21)15-27/h1-13H,16-17H2. The van der Waals surface area contributed by atoms with Gasteiger partial charge in [0.1, 0.15) is 12.3 Å². The van der Waals surface area contributed by atoms with Gasteiger partial charge in [-0.2, -0.15) is 10.5 Å². The third-order valence-corrected chi connectivity index (χ3v) is 4.84. The summed E-state index contributed by atoms with van der Waals surface area (Å²) in [5.74, 6) is -0.440. The first-order chi connectivity index (χ1) is 14.7. The lowest BCUT2D eigenvalue weighted by Crippen LogP contribution is -2.13. The van der Waals surface area contributed by atoms with E-state index in [1.165, 1.54) is 0 Å². The van der Waals surface area contributed by atoms with Crippen LogP contribution in [-0.2, 0) is 17.9 Å². The Morgan fingerprint density at radius 2 is 1.50 bits per heavy atom. The fourth-order valence-electron chi connectivity index (χ4n) is 3.43. The van der Waals surface area contributed by atoms with Gasteiger partial charge in [-0.1, -0.05) is 42.5 Å². The lowest BCUT2D eigenvalue weighted by Gasteiger charge is -2.11. The molecule has 0 bridgehead atoms. The average molecular weight is 391 g/mol. The minimum absolute atomic E-state index is 0.0831. The van der Waals surface area contributed by atoms with E-state index in [-0.39, 0.29) is 6.61 Å². The van der Waals surface area contributed by atoms with Gasteiger partial charge in [0.25, 0.3) is 0 Å². The van der Waals surface area contributed by atoms with E-state index in [1.807, 2.05) is 59.2 Å². The van der Waals surface area contributed by atoms with Gasteiger partial charge in [-0.15, -0.1) is 0 Å². The van der Waals surface area contributed by atoms with E-state index in [9.17, 15) is 4.79 Å². The lowest BCUT2D eigenvalue weighted by molar-refractivity contribution is 0.0461. The van der Waals surface area contributed by atoms with Crippen LogP contribution < -0.4 is 0 Å². The number of esters is 1. The van der Waals surface area contributed by atoms with Crippen LogP contribution in [0, 0.1) is 22.7 Å². The highest BCUT2D eigenvalue weighted by Crippen LogP contribution is 2.23. The van der Waals surface area contributed by atoms with Crippen molar-refractivity contribution in [3.05, 3.63) is 107 Å². The molecule has 1 heterocycles. The summed E-state index contributed by atoms with van der Waals surface area (Å²) in [5.41, 5.74) is 4.13. The Bertz CT molecular complexity index is 1320. The predicted octanol–water partition coefficient (Wildman–Crippen LogP) is 4.79. The van der Waals surface area contributed by atoms with Crippen molar-refractivity contribution < 1.29 is 9.53 Å². The summed E-state index contributed by atoms with van der Waals surface area (Å²) in [6.07, 6.45) is 0. The molecular weight excluding hydrogens is 374 g/mol. The van der Waals surface area contributed by atoms with Crippen molar-refractivity contribution in [2.75, 3.05) is 0 Å². The zero-order valence-corrected chi connectivity index (χ0v) is 16.1. The molecule has 0 fully saturated rings. The summed E-state index contributed by atoms with van der Waals surface area (Å²) in [6.45, 7) is 0.525. The molecule has 0 saturated heterocycles. The highest BCUT2D eigenvalue weighted by atomic mass is 16.5. The third kappa shape index (κ3) is 3.92. The molecule has 0 N–H and O–H groups in total. The van der Waals surface area contributed by atoms with Crippen LogP contribution >= 0.6 is 0 Å². The predicted molar refractivity (Wildman–Crippen MR) is 112 cm³/mol. The van der Waals surface area contributed by atoms with Crippen molar-refractivity contribution in [1.82, 2.24) is 4.57 Å². The second kappa shape index (κ2) is 8.34. The molecule has 0 aliphatic heterocycles. The number of para-hydroxylation sites is 1. The minimum Gasteiger partial charge on any atom is -0.456 e. The van der Waals surface area contributed by atoms with E-state index in [1.54, 1.807) is 24.3 Å². The summed E-state index contributed by atoms with van der Waals surface area (Å²) in [6, 6.07) is 28.1. The van der Waals surface area contributed by atoms with Crippen LogP contribution in [-0.4, -0.2) is 10.5 Å². The number of benzene rings is 3. The Hall–Kier alpha value is -4.35. The molecule has 0 saturated carbocycles. The van der Waals surface area contributed by atoms with E-state index < -0.39 is 5.97 Å². The number of hydrogen-bond acceptors (Lipinski definition) is 4. The Kier molecular flexibility index (Phi) is 5.28. The molecule has 144 valence electrons. The summed E-state index contributed by atoms with van der Waals surface area (Å²) in [4.78, 5) is 12.9. The molecule has 0 amide bonds.